The van der Waals surface area contributed by atoms with Crippen LogP contribution in [-0.4, -0.2) is 11.6 Å². The highest BCUT2D eigenvalue weighted by Crippen LogP contribution is 2.23. The van der Waals surface area contributed by atoms with Crippen molar-refractivity contribution in [2.75, 3.05) is 6.67 Å². The maximum absolute atomic E-state index is 12.4. The Bertz CT molecular complexity index is 426. The minimum absolute atomic E-state index is 0.177. The number of benzene rings is 1. The zero-order chi connectivity index (χ0) is 11.4. The SMILES string of the molecule is CC(CF)c1cc(C#N)cc([N+](=O)[O-])c1. The van der Waals surface area contributed by atoms with Gasteiger partial charge in [0.1, 0.15) is 0 Å². The Morgan fingerprint density at radius 1 is 1.60 bits per heavy atom. The quantitative estimate of drug-likeness (QED) is 0.566. The summed E-state index contributed by atoms with van der Waals surface area (Å²) in [4.78, 5) is 9.95. The predicted molar refractivity (Wildman–Crippen MR) is 52.2 cm³/mol. The van der Waals surface area contributed by atoms with Crippen molar-refractivity contribution in [3.05, 3.63) is 39.4 Å². The number of non-ortho nitro benzene ring substituents is 1. The van der Waals surface area contributed by atoms with Crippen LogP contribution in [0.25, 0.3) is 0 Å². The van der Waals surface area contributed by atoms with Crippen molar-refractivity contribution < 1.29 is 9.31 Å². The normalized spacial score (nSPS) is 11.8. The molecule has 0 aliphatic heterocycles. The summed E-state index contributed by atoms with van der Waals surface area (Å²) in [6.07, 6.45) is 0. The Balaban J connectivity index is 3.24. The molecule has 0 radical (unpaired) electrons. The van der Waals surface area contributed by atoms with Crippen LogP contribution >= 0.6 is 0 Å². The number of nitrogens with zero attached hydrogens (tertiary/aromatic N) is 2. The van der Waals surface area contributed by atoms with E-state index in [1.807, 2.05) is 6.07 Å². The molecule has 1 unspecified atom stereocenters. The van der Waals surface area contributed by atoms with E-state index < -0.39 is 17.5 Å². The number of nitriles is 1. The van der Waals surface area contributed by atoms with Gasteiger partial charge in [0.15, 0.2) is 0 Å². The third-order valence-corrected chi connectivity index (χ3v) is 2.08. The molecule has 4 nitrogen and oxygen atoms in total. The van der Waals surface area contributed by atoms with Crippen LogP contribution in [0.2, 0.25) is 0 Å². The standard InChI is InChI=1S/C10H9FN2O2/c1-7(5-11)9-2-8(6-12)3-10(4-9)13(14)15/h2-4,7H,5H2,1H3. The van der Waals surface area contributed by atoms with E-state index in [4.69, 9.17) is 5.26 Å². The second kappa shape index (κ2) is 4.51. The zero-order valence-corrected chi connectivity index (χ0v) is 8.11. The van der Waals surface area contributed by atoms with Gasteiger partial charge in [-0.25, -0.2) is 0 Å². The van der Waals surface area contributed by atoms with Crippen LogP contribution in [0.15, 0.2) is 18.2 Å². The lowest BCUT2D eigenvalue weighted by Crippen LogP contribution is -1.98. The van der Waals surface area contributed by atoms with Crippen LogP contribution in [0, 0.1) is 21.4 Å². The Kier molecular flexibility index (Phi) is 3.34. The minimum atomic E-state index is -0.605. The molecule has 0 N–H and O–H groups in total. The summed E-state index contributed by atoms with van der Waals surface area (Å²) in [5.41, 5.74) is 0.479. The van der Waals surface area contributed by atoms with E-state index in [1.165, 1.54) is 18.2 Å². The first kappa shape index (κ1) is 11.1. The number of hydrogen-bond acceptors (Lipinski definition) is 3. The molecule has 0 bridgehead atoms. The number of nitro benzene ring substituents is 1. The molecule has 0 amide bonds. The van der Waals surface area contributed by atoms with Crippen molar-refractivity contribution in [1.29, 1.82) is 5.26 Å². The van der Waals surface area contributed by atoms with Crippen molar-refractivity contribution in [1.82, 2.24) is 0 Å². The fourth-order valence-electron chi connectivity index (χ4n) is 1.18. The summed E-state index contributed by atoms with van der Waals surface area (Å²) in [5, 5.41) is 19.2. The molecule has 5 heteroatoms. The largest absolute Gasteiger partial charge is 0.271 e. The maximum atomic E-state index is 12.4. The number of halogens is 1. The highest BCUT2D eigenvalue weighted by atomic mass is 19.1. The number of hydrogen-bond donors (Lipinski definition) is 0. The van der Waals surface area contributed by atoms with E-state index in [9.17, 15) is 14.5 Å². The van der Waals surface area contributed by atoms with E-state index in [0.717, 1.165) is 0 Å². The van der Waals surface area contributed by atoms with E-state index >= 15 is 0 Å². The molecule has 0 aliphatic rings. The smallest absolute Gasteiger partial charge is 0.258 e. The van der Waals surface area contributed by atoms with Gasteiger partial charge in [-0.15, -0.1) is 0 Å². The molecular weight excluding hydrogens is 199 g/mol. The van der Waals surface area contributed by atoms with Gasteiger partial charge in [0.05, 0.1) is 23.2 Å². The van der Waals surface area contributed by atoms with E-state index in [1.54, 1.807) is 6.92 Å². The molecule has 0 saturated carbocycles. The van der Waals surface area contributed by atoms with Crippen molar-refractivity contribution in [2.24, 2.45) is 0 Å². The summed E-state index contributed by atoms with van der Waals surface area (Å²) in [6.45, 7) is 1.01. The Hall–Kier alpha value is -1.96. The van der Waals surface area contributed by atoms with Crippen LogP contribution in [0.3, 0.4) is 0 Å². The molecule has 1 atom stereocenters. The average Bonchev–Trinajstić information content (AvgIpc) is 2.27. The second-order valence-electron chi connectivity index (χ2n) is 3.24. The van der Waals surface area contributed by atoms with Gasteiger partial charge >= 0.3 is 0 Å². The van der Waals surface area contributed by atoms with Gasteiger partial charge in [0.25, 0.3) is 5.69 Å². The van der Waals surface area contributed by atoms with E-state index in [-0.39, 0.29) is 11.3 Å². The molecule has 78 valence electrons. The monoisotopic (exact) mass is 208 g/mol. The van der Waals surface area contributed by atoms with Gasteiger partial charge in [0.2, 0.25) is 0 Å². The lowest BCUT2D eigenvalue weighted by atomic mass is 10.00. The summed E-state index contributed by atoms with van der Waals surface area (Å²) in [5.74, 6) is -0.433. The van der Waals surface area contributed by atoms with Crippen LogP contribution in [0.1, 0.15) is 24.0 Å². The summed E-state index contributed by atoms with van der Waals surface area (Å²) >= 11 is 0. The highest BCUT2D eigenvalue weighted by molar-refractivity contribution is 5.45. The fraction of sp³-hybridized carbons (Fsp3) is 0.300. The first-order valence-corrected chi connectivity index (χ1v) is 4.34. The third-order valence-electron chi connectivity index (χ3n) is 2.08. The highest BCUT2D eigenvalue weighted by Gasteiger charge is 2.13. The first-order chi connectivity index (χ1) is 7.08. The Morgan fingerprint density at radius 2 is 2.27 bits per heavy atom. The summed E-state index contributed by atoms with van der Waals surface area (Å²) in [7, 11) is 0. The van der Waals surface area contributed by atoms with Gasteiger partial charge in [-0.05, 0) is 11.6 Å². The van der Waals surface area contributed by atoms with Crippen LogP contribution in [0.4, 0.5) is 10.1 Å². The van der Waals surface area contributed by atoms with Gasteiger partial charge in [-0.1, -0.05) is 6.92 Å². The Labute approximate surface area is 86.1 Å². The van der Waals surface area contributed by atoms with Crippen LogP contribution < -0.4 is 0 Å². The van der Waals surface area contributed by atoms with Gasteiger partial charge in [-0.3, -0.25) is 14.5 Å². The molecule has 1 aromatic carbocycles. The maximum Gasteiger partial charge on any atom is 0.271 e. The second-order valence-corrected chi connectivity index (χ2v) is 3.24. The number of alkyl halides is 1. The lowest BCUT2D eigenvalue weighted by molar-refractivity contribution is -0.384. The third kappa shape index (κ3) is 2.50. The summed E-state index contributed by atoms with van der Waals surface area (Å²) in [6, 6.07) is 5.76. The molecule has 0 saturated heterocycles. The predicted octanol–water partition coefficient (Wildman–Crippen LogP) is 2.54. The lowest BCUT2D eigenvalue weighted by Gasteiger charge is -2.06. The molecule has 0 fully saturated rings. The first-order valence-electron chi connectivity index (χ1n) is 4.34. The van der Waals surface area contributed by atoms with Crippen molar-refractivity contribution in [2.45, 2.75) is 12.8 Å². The molecule has 0 spiro atoms. The molecule has 15 heavy (non-hydrogen) atoms. The van der Waals surface area contributed by atoms with E-state index in [2.05, 4.69) is 0 Å². The van der Waals surface area contributed by atoms with Gasteiger partial charge in [0, 0.05) is 18.1 Å². The molecular formula is C10H9FN2O2. The molecule has 0 aromatic heterocycles. The fourth-order valence-corrected chi connectivity index (χ4v) is 1.18. The van der Waals surface area contributed by atoms with Crippen molar-refractivity contribution in [3.8, 4) is 6.07 Å². The van der Waals surface area contributed by atoms with Crippen LogP contribution in [-0.2, 0) is 0 Å². The van der Waals surface area contributed by atoms with Gasteiger partial charge in [-0.2, -0.15) is 5.26 Å². The van der Waals surface area contributed by atoms with Gasteiger partial charge < -0.3 is 0 Å². The minimum Gasteiger partial charge on any atom is -0.258 e. The molecule has 1 rings (SSSR count). The summed E-state index contributed by atoms with van der Waals surface area (Å²) < 4.78 is 12.4. The average molecular weight is 208 g/mol. The molecule has 1 aromatic rings. The number of nitro groups is 1. The topological polar surface area (TPSA) is 66.9 Å². The zero-order valence-electron chi connectivity index (χ0n) is 8.11. The van der Waals surface area contributed by atoms with Crippen LogP contribution in [0.5, 0.6) is 0 Å². The van der Waals surface area contributed by atoms with Crippen molar-refractivity contribution >= 4 is 5.69 Å². The molecule has 0 aliphatic carbocycles. The molecule has 0 heterocycles. The Morgan fingerprint density at radius 3 is 2.73 bits per heavy atom. The van der Waals surface area contributed by atoms with Crippen molar-refractivity contribution in [3.63, 3.8) is 0 Å². The number of rotatable bonds is 3. The van der Waals surface area contributed by atoms with E-state index in [0.29, 0.717) is 5.56 Å².